The lowest BCUT2D eigenvalue weighted by molar-refractivity contribution is -0.138. The number of benzene rings is 1. The van der Waals surface area contributed by atoms with Gasteiger partial charge in [-0.3, -0.25) is 9.78 Å². The van der Waals surface area contributed by atoms with Crippen LogP contribution in [0.25, 0.3) is 0 Å². The quantitative estimate of drug-likeness (QED) is 0.340. The third-order valence-electron chi connectivity index (χ3n) is 6.67. The van der Waals surface area contributed by atoms with Gasteiger partial charge in [-0.05, 0) is 74.3 Å². The molecule has 8 nitrogen and oxygen atoms in total. The summed E-state index contributed by atoms with van der Waals surface area (Å²) in [6.07, 6.45) is 10.8. The molecule has 0 radical (unpaired) electrons. The van der Waals surface area contributed by atoms with Gasteiger partial charge in [0.25, 0.3) is 0 Å². The third-order valence-corrected chi connectivity index (χ3v) is 8.14. The Kier molecular flexibility index (Phi) is 11.0. The van der Waals surface area contributed by atoms with Crippen molar-refractivity contribution in [1.82, 2.24) is 9.71 Å². The number of nitrogens with zero attached hydrogens (tertiary/aromatic N) is 2. The van der Waals surface area contributed by atoms with Crippen LogP contribution in [0.2, 0.25) is 0 Å². The molecule has 1 aromatic carbocycles. The average molecular weight is 518 g/mol. The van der Waals surface area contributed by atoms with E-state index in [1.807, 2.05) is 31.5 Å². The van der Waals surface area contributed by atoms with Crippen LogP contribution >= 0.6 is 0 Å². The molecule has 0 bridgehead atoms. The van der Waals surface area contributed by atoms with E-state index in [2.05, 4.69) is 26.7 Å². The Morgan fingerprint density at radius 3 is 2.44 bits per heavy atom. The summed E-state index contributed by atoms with van der Waals surface area (Å²) in [4.78, 5) is 18.1. The van der Waals surface area contributed by atoms with Crippen LogP contribution in [0.4, 0.5) is 5.69 Å². The number of anilines is 1. The number of piperidine rings is 1. The first kappa shape index (κ1) is 27.9. The van der Waals surface area contributed by atoms with Crippen LogP contribution in [0.3, 0.4) is 0 Å². The van der Waals surface area contributed by atoms with Crippen LogP contribution in [0.15, 0.2) is 48.8 Å². The molecule has 1 fully saturated rings. The summed E-state index contributed by atoms with van der Waals surface area (Å²) in [5, 5.41) is 9.45. The molecule has 3 rings (SSSR count). The summed E-state index contributed by atoms with van der Waals surface area (Å²) in [5.74, 6) is 0.257. The van der Waals surface area contributed by atoms with E-state index in [4.69, 9.17) is 4.74 Å². The molecule has 36 heavy (non-hydrogen) atoms. The van der Waals surface area contributed by atoms with E-state index < -0.39 is 22.0 Å². The first-order valence-corrected chi connectivity index (χ1v) is 14.6. The van der Waals surface area contributed by atoms with Crippen molar-refractivity contribution < 1.29 is 23.1 Å². The molecule has 0 amide bonds. The van der Waals surface area contributed by atoms with E-state index in [0.29, 0.717) is 13.0 Å². The Morgan fingerprint density at radius 1 is 1.11 bits per heavy atom. The smallest absolute Gasteiger partial charge is 0.322 e. The molecule has 2 aromatic rings. The topological polar surface area (TPSA) is 109 Å². The molecular formula is C27H39N3O5S. The number of hydrogen-bond donors (Lipinski definition) is 2. The van der Waals surface area contributed by atoms with Crippen LogP contribution in [0.5, 0.6) is 5.75 Å². The number of aromatic nitrogens is 1. The van der Waals surface area contributed by atoms with Gasteiger partial charge in [-0.1, -0.05) is 31.9 Å². The highest BCUT2D eigenvalue weighted by Crippen LogP contribution is 2.26. The maximum Gasteiger partial charge on any atom is 0.322 e. The first-order chi connectivity index (χ1) is 17.4. The van der Waals surface area contributed by atoms with Gasteiger partial charge in [0, 0.05) is 31.2 Å². The lowest BCUT2D eigenvalue weighted by Crippen LogP contribution is -2.43. The van der Waals surface area contributed by atoms with Gasteiger partial charge in [0.15, 0.2) is 0 Å². The Labute approximate surface area is 215 Å². The molecule has 1 saturated heterocycles. The number of carbonyl (C=O) groups is 1. The summed E-state index contributed by atoms with van der Waals surface area (Å²) in [5.41, 5.74) is 2.00. The molecule has 9 heteroatoms. The standard InChI is InChI=1S/C27H39N3O5S/c1-2-3-20-36(33,34)29-26(27(31)32)21-23-7-9-25(10-8-23)35-19-5-4-6-22-13-17-30(18-14-22)24-11-15-28-16-12-24/h7-12,15-16,22,26,29H,2-6,13-14,17-21H2,1H3,(H,31,32). The van der Waals surface area contributed by atoms with Gasteiger partial charge in [0.1, 0.15) is 11.8 Å². The van der Waals surface area contributed by atoms with Crippen molar-refractivity contribution in [2.45, 2.75) is 64.3 Å². The fourth-order valence-electron chi connectivity index (χ4n) is 4.51. The number of rotatable bonds is 15. The zero-order chi connectivity index (χ0) is 25.8. The second-order valence-electron chi connectivity index (χ2n) is 9.51. The van der Waals surface area contributed by atoms with Gasteiger partial charge in [-0.15, -0.1) is 0 Å². The molecule has 2 N–H and O–H groups in total. The molecule has 1 aromatic heterocycles. The van der Waals surface area contributed by atoms with Crippen LogP contribution in [0.1, 0.15) is 57.4 Å². The van der Waals surface area contributed by atoms with Crippen molar-refractivity contribution >= 4 is 21.7 Å². The number of nitrogens with one attached hydrogen (secondary N) is 1. The molecular weight excluding hydrogens is 478 g/mol. The van der Waals surface area contributed by atoms with Crippen molar-refractivity contribution in [2.75, 3.05) is 30.3 Å². The lowest BCUT2D eigenvalue weighted by atomic mass is 9.91. The molecule has 198 valence electrons. The maximum atomic E-state index is 12.1. The predicted octanol–water partition coefficient (Wildman–Crippen LogP) is 4.26. The Morgan fingerprint density at radius 2 is 1.81 bits per heavy atom. The number of unbranched alkanes of at least 4 members (excludes halogenated alkanes) is 2. The summed E-state index contributed by atoms with van der Waals surface area (Å²) in [6.45, 7) is 4.73. The molecule has 1 aliphatic rings. The van der Waals surface area contributed by atoms with Crippen molar-refractivity contribution in [3.05, 3.63) is 54.4 Å². The Hall–Kier alpha value is -2.65. The number of aliphatic carboxylic acids is 1. The number of pyridine rings is 1. The van der Waals surface area contributed by atoms with E-state index in [1.54, 1.807) is 12.1 Å². The monoisotopic (exact) mass is 517 g/mol. The van der Waals surface area contributed by atoms with Gasteiger partial charge in [0.05, 0.1) is 12.4 Å². The van der Waals surface area contributed by atoms with Gasteiger partial charge < -0.3 is 14.7 Å². The minimum atomic E-state index is -3.62. The normalized spacial score (nSPS) is 15.5. The number of ether oxygens (including phenoxy) is 1. The van der Waals surface area contributed by atoms with E-state index in [0.717, 1.165) is 49.6 Å². The van der Waals surface area contributed by atoms with Gasteiger partial charge >= 0.3 is 5.97 Å². The van der Waals surface area contributed by atoms with Crippen LogP contribution in [0, 0.1) is 5.92 Å². The number of carboxylic acids is 1. The zero-order valence-corrected chi connectivity index (χ0v) is 22.0. The van der Waals surface area contributed by atoms with Gasteiger partial charge in [-0.2, -0.15) is 0 Å². The summed E-state index contributed by atoms with van der Waals surface area (Å²) >= 11 is 0. The predicted molar refractivity (Wildman–Crippen MR) is 142 cm³/mol. The van der Waals surface area contributed by atoms with Crippen LogP contribution < -0.4 is 14.4 Å². The highest BCUT2D eigenvalue weighted by molar-refractivity contribution is 7.89. The van der Waals surface area contributed by atoms with Gasteiger partial charge in [0.2, 0.25) is 10.0 Å². The molecule has 2 heterocycles. The Balaban J connectivity index is 1.33. The number of hydrogen-bond acceptors (Lipinski definition) is 6. The average Bonchev–Trinajstić information content (AvgIpc) is 2.88. The minimum absolute atomic E-state index is 0.0646. The Bertz CT molecular complexity index is 1020. The minimum Gasteiger partial charge on any atom is -0.494 e. The van der Waals surface area contributed by atoms with E-state index >= 15 is 0 Å². The van der Waals surface area contributed by atoms with E-state index in [1.165, 1.54) is 24.9 Å². The SMILES string of the molecule is CCCCS(=O)(=O)NC(Cc1ccc(OCCCCC2CCN(c3ccncc3)CC2)cc1)C(=O)O. The largest absolute Gasteiger partial charge is 0.494 e. The fraction of sp³-hybridized carbons (Fsp3) is 0.556. The van der Waals surface area contributed by atoms with Crippen LogP contribution in [-0.4, -0.2) is 56.0 Å². The molecule has 1 atom stereocenters. The molecule has 0 saturated carbocycles. The van der Waals surface area contributed by atoms with E-state index in [9.17, 15) is 18.3 Å². The number of carboxylic acid groups (broad SMARTS) is 1. The second kappa shape index (κ2) is 14.2. The van der Waals surface area contributed by atoms with Gasteiger partial charge in [-0.25, -0.2) is 13.1 Å². The maximum absolute atomic E-state index is 12.1. The fourth-order valence-corrected chi connectivity index (χ4v) is 5.91. The molecule has 0 aliphatic carbocycles. The first-order valence-electron chi connectivity index (χ1n) is 13.0. The van der Waals surface area contributed by atoms with E-state index in [-0.39, 0.29) is 12.2 Å². The summed E-state index contributed by atoms with van der Waals surface area (Å²) in [6, 6.07) is 10.2. The highest BCUT2D eigenvalue weighted by atomic mass is 32.2. The lowest BCUT2D eigenvalue weighted by Gasteiger charge is -2.33. The van der Waals surface area contributed by atoms with Crippen molar-refractivity contribution in [2.24, 2.45) is 5.92 Å². The van der Waals surface area contributed by atoms with Crippen molar-refractivity contribution in [1.29, 1.82) is 0 Å². The highest BCUT2D eigenvalue weighted by Gasteiger charge is 2.24. The second-order valence-corrected chi connectivity index (χ2v) is 11.4. The van der Waals surface area contributed by atoms with Crippen molar-refractivity contribution in [3.8, 4) is 5.75 Å². The number of sulfonamides is 1. The molecule has 1 aliphatic heterocycles. The third kappa shape index (κ3) is 9.43. The summed E-state index contributed by atoms with van der Waals surface area (Å²) < 4.78 is 32.4. The zero-order valence-electron chi connectivity index (χ0n) is 21.1. The van der Waals surface area contributed by atoms with Crippen LogP contribution in [-0.2, 0) is 21.2 Å². The molecule has 0 spiro atoms. The van der Waals surface area contributed by atoms with Crippen molar-refractivity contribution in [3.63, 3.8) is 0 Å². The summed E-state index contributed by atoms with van der Waals surface area (Å²) in [7, 11) is -3.62. The molecule has 1 unspecified atom stereocenters.